The Bertz CT molecular complexity index is 695. The van der Waals surface area contributed by atoms with Crippen molar-refractivity contribution in [2.45, 2.75) is 24.4 Å². The number of ether oxygens (including phenoxy) is 1. The molecule has 0 aliphatic carbocycles. The number of benzene rings is 1. The number of anilines is 1. The van der Waals surface area contributed by atoms with Gasteiger partial charge in [0.05, 0.1) is 19.2 Å². The second-order valence-corrected chi connectivity index (χ2v) is 5.30. The molecule has 24 heavy (non-hydrogen) atoms. The van der Waals surface area contributed by atoms with Gasteiger partial charge in [0.15, 0.2) is 0 Å². The maximum atomic E-state index is 11.2. The molecule has 0 amide bonds. The third-order valence-corrected chi connectivity index (χ3v) is 3.65. The van der Waals surface area contributed by atoms with Crippen LogP contribution in [-0.4, -0.2) is 69.8 Å². The van der Waals surface area contributed by atoms with Gasteiger partial charge in [-0.25, -0.2) is 4.98 Å². The molecule has 0 aliphatic rings. The van der Waals surface area contributed by atoms with Crippen LogP contribution >= 0.6 is 0 Å². The van der Waals surface area contributed by atoms with Crippen molar-refractivity contribution in [1.82, 2.24) is 4.98 Å². The van der Waals surface area contributed by atoms with Gasteiger partial charge in [0.25, 0.3) is 0 Å². The third-order valence-electron chi connectivity index (χ3n) is 3.65. The lowest BCUT2D eigenvalue weighted by molar-refractivity contribution is -0.117. The number of carbonyl (C=O) groups is 1. The van der Waals surface area contributed by atoms with Gasteiger partial charge in [-0.05, 0) is 18.2 Å². The molecule has 0 bridgehead atoms. The van der Waals surface area contributed by atoms with Gasteiger partial charge >= 0.3 is 0 Å². The Morgan fingerprint density at radius 1 is 1.21 bits per heavy atom. The number of aromatic nitrogens is 1. The molecule has 0 radical (unpaired) electrons. The van der Waals surface area contributed by atoms with Crippen LogP contribution in [-0.2, 0) is 4.79 Å². The van der Waals surface area contributed by atoms with E-state index in [0.29, 0.717) is 23.4 Å². The fourth-order valence-corrected chi connectivity index (χ4v) is 2.24. The van der Waals surface area contributed by atoms with Crippen molar-refractivity contribution in [3.8, 4) is 5.88 Å². The summed E-state index contributed by atoms with van der Waals surface area (Å²) < 4.78 is 5.06. The van der Waals surface area contributed by atoms with E-state index in [1.54, 1.807) is 24.3 Å². The number of methoxy groups -OCH3 is 1. The lowest BCUT2D eigenvalue weighted by Crippen LogP contribution is -2.49. The summed E-state index contributed by atoms with van der Waals surface area (Å²) in [6.07, 6.45) is -4.40. The molecule has 0 fully saturated rings. The van der Waals surface area contributed by atoms with Crippen molar-refractivity contribution in [3.05, 3.63) is 30.3 Å². The van der Waals surface area contributed by atoms with Crippen LogP contribution in [0.2, 0.25) is 0 Å². The van der Waals surface area contributed by atoms with Crippen molar-refractivity contribution in [2.75, 3.05) is 19.0 Å². The molecular weight excluding hydrogens is 316 g/mol. The summed E-state index contributed by atoms with van der Waals surface area (Å²) in [6, 6.07) is 7.50. The normalized spacial score (nSPS) is 16.2. The number of aldehydes is 1. The first-order chi connectivity index (χ1) is 11.5. The zero-order chi connectivity index (χ0) is 17.7. The van der Waals surface area contributed by atoms with Gasteiger partial charge < -0.3 is 35.3 Å². The predicted molar refractivity (Wildman–Crippen MR) is 86.9 cm³/mol. The number of nitrogens with one attached hydrogen (secondary N) is 1. The monoisotopic (exact) mass is 336 g/mol. The van der Waals surface area contributed by atoms with Gasteiger partial charge in [0, 0.05) is 17.1 Å². The molecule has 1 aromatic carbocycles. The molecule has 0 aliphatic heterocycles. The number of fused-ring (bicyclic) bond motifs is 1. The topological polar surface area (TPSA) is 132 Å². The van der Waals surface area contributed by atoms with Crippen LogP contribution in [0.4, 0.5) is 5.69 Å². The first-order valence-corrected chi connectivity index (χ1v) is 7.32. The van der Waals surface area contributed by atoms with Crippen molar-refractivity contribution in [2.24, 2.45) is 0 Å². The highest BCUT2D eigenvalue weighted by Crippen LogP contribution is 2.21. The number of hydrogen-bond acceptors (Lipinski definition) is 8. The number of carbonyl (C=O) groups excluding carboxylic acids is 1. The Balaban J connectivity index is 2.21. The minimum Gasteiger partial charge on any atom is -0.481 e. The Morgan fingerprint density at radius 2 is 1.92 bits per heavy atom. The number of rotatable bonds is 8. The van der Waals surface area contributed by atoms with Crippen LogP contribution in [0, 0.1) is 0 Å². The van der Waals surface area contributed by atoms with Crippen molar-refractivity contribution >= 4 is 22.9 Å². The summed E-state index contributed by atoms with van der Waals surface area (Å²) in [5, 5.41) is 41.5. The fraction of sp³-hybridized carbons (Fsp3) is 0.375. The zero-order valence-corrected chi connectivity index (χ0v) is 13.0. The molecule has 4 atom stereocenters. The van der Waals surface area contributed by atoms with Gasteiger partial charge in [0.1, 0.15) is 30.6 Å². The molecule has 130 valence electrons. The molecule has 1 aromatic heterocycles. The van der Waals surface area contributed by atoms with E-state index in [1.165, 1.54) is 7.11 Å². The lowest BCUT2D eigenvalue weighted by Gasteiger charge is -2.26. The Kier molecular flexibility index (Phi) is 6.04. The van der Waals surface area contributed by atoms with E-state index in [0.717, 1.165) is 5.39 Å². The number of hydrogen-bond donors (Lipinski definition) is 5. The van der Waals surface area contributed by atoms with Crippen LogP contribution < -0.4 is 10.1 Å². The first kappa shape index (κ1) is 18.1. The summed E-state index contributed by atoms with van der Waals surface area (Å²) >= 11 is 0. The molecule has 5 N–H and O–H groups in total. The van der Waals surface area contributed by atoms with Gasteiger partial charge in [0.2, 0.25) is 5.88 Å². The molecule has 0 spiro atoms. The Hall–Kier alpha value is -2.26. The van der Waals surface area contributed by atoms with Crippen LogP contribution in [0.1, 0.15) is 0 Å². The van der Waals surface area contributed by atoms with E-state index >= 15 is 0 Å². The summed E-state index contributed by atoms with van der Waals surface area (Å²) in [5.74, 6) is 0.438. The van der Waals surface area contributed by atoms with Gasteiger partial charge in [-0.3, -0.25) is 0 Å². The summed E-state index contributed by atoms with van der Waals surface area (Å²) in [5.41, 5.74) is 1.11. The smallest absolute Gasteiger partial charge is 0.213 e. The molecule has 2 aromatic rings. The van der Waals surface area contributed by atoms with Crippen molar-refractivity contribution in [1.29, 1.82) is 0 Å². The van der Waals surface area contributed by atoms with Gasteiger partial charge in [-0.1, -0.05) is 6.07 Å². The quantitative estimate of drug-likeness (QED) is 0.400. The van der Waals surface area contributed by atoms with E-state index < -0.39 is 31.0 Å². The van der Waals surface area contributed by atoms with E-state index in [-0.39, 0.29) is 0 Å². The van der Waals surface area contributed by atoms with Crippen molar-refractivity contribution in [3.63, 3.8) is 0 Å². The maximum Gasteiger partial charge on any atom is 0.213 e. The largest absolute Gasteiger partial charge is 0.481 e. The van der Waals surface area contributed by atoms with Crippen LogP contribution in [0.5, 0.6) is 5.88 Å². The van der Waals surface area contributed by atoms with E-state index in [2.05, 4.69) is 10.3 Å². The van der Waals surface area contributed by atoms with Crippen LogP contribution in [0.15, 0.2) is 30.3 Å². The second-order valence-electron chi connectivity index (χ2n) is 5.30. The van der Waals surface area contributed by atoms with E-state index in [4.69, 9.17) is 9.84 Å². The SMILES string of the molecule is COc1ccc2ccc(N[C@@H](C=O)[C@@H](O)[C@H](O)[C@H](O)CO)cc2n1. The predicted octanol–water partition coefficient (Wildman–Crippen LogP) is -0.702. The average molecular weight is 336 g/mol. The molecule has 2 rings (SSSR count). The highest BCUT2D eigenvalue weighted by atomic mass is 16.5. The minimum atomic E-state index is -1.67. The summed E-state index contributed by atoms with van der Waals surface area (Å²) in [7, 11) is 1.50. The standard InChI is InChI=1S/C16H20N2O6/c1-24-14-5-3-9-2-4-10(6-11(9)18-14)17-12(7-19)15(22)16(23)13(21)8-20/h2-7,12-13,15-17,20-23H,8H2,1H3/t12-,13+,15+,16+/m0/s1. The average Bonchev–Trinajstić information content (AvgIpc) is 2.63. The maximum absolute atomic E-state index is 11.2. The number of aliphatic hydroxyl groups is 4. The molecule has 1 heterocycles. The fourth-order valence-electron chi connectivity index (χ4n) is 2.24. The number of pyridine rings is 1. The van der Waals surface area contributed by atoms with Crippen LogP contribution in [0.3, 0.4) is 0 Å². The van der Waals surface area contributed by atoms with Crippen LogP contribution in [0.25, 0.3) is 10.9 Å². The highest BCUT2D eigenvalue weighted by molar-refractivity contribution is 5.83. The van der Waals surface area contributed by atoms with Crippen molar-refractivity contribution < 1.29 is 30.0 Å². The minimum absolute atomic E-state index is 0.418. The molecule has 8 nitrogen and oxygen atoms in total. The molecule has 8 heteroatoms. The molecule has 0 saturated heterocycles. The Morgan fingerprint density at radius 3 is 2.54 bits per heavy atom. The molecule has 0 saturated carbocycles. The Labute approximate surface area is 138 Å². The van der Waals surface area contributed by atoms with Gasteiger partial charge in [-0.15, -0.1) is 0 Å². The molecule has 0 unspecified atom stereocenters. The highest BCUT2D eigenvalue weighted by Gasteiger charge is 2.31. The first-order valence-electron chi connectivity index (χ1n) is 7.32. The summed E-state index contributed by atoms with van der Waals surface area (Å²) in [6.45, 7) is -0.733. The second kappa shape index (κ2) is 8.02. The number of aliphatic hydroxyl groups excluding tert-OH is 4. The zero-order valence-electron chi connectivity index (χ0n) is 13.0. The number of nitrogens with zero attached hydrogens (tertiary/aromatic N) is 1. The molecular formula is C16H20N2O6. The van der Waals surface area contributed by atoms with E-state index in [1.807, 2.05) is 6.07 Å². The third kappa shape index (κ3) is 3.98. The lowest BCUT2D eigenvalue weighted by atomic mass is 10.0. The van der Waals surface area contributed by atoms with Gasteiger partial charge in [-0.2, -0.15) is 0 Å². The van der Waals surface area contributed by atoms with E-state index in [9.17, 15) is 20.1 Å². The summed E-state index contributed by atoms with van der Waals surface area (Å²) in [4.78, 5) is 15.5.